The fourth-order valence-corrected chi connectivity index (χ4v) is 2.00. The summed E-state index contributed by atoms with van der Waals surface area (Å²) in [7, 11) is -2.15. The zero-order valence-electron chi connectivity index (χ0n) is 5.54. The minimum Gasteiger partial charge on any atom is -0.399 e. The average molecular weight is 236 g/mol. The molecule has 0 atom stereocenters. The first-order valence-corrected chi connectivity index (χ1v) is 4.76. The predicted octanol–water partition coefficient (Wildman–Crippen LogP) is 0.563. The lowest BCUT2D eigenvalue weighted by Crippen LogP contribution is -2.07. The van der Waals surface area contributed by atoms with Crippen LogP contribution in [0.15, 0.2) is 22.3 Å². The van der Waals surface area contributed by atoms with Crippen molar-refractivity contribution in [3.63, 3.8) is 0 Å². The van der Waals surface area contributed by atoms with Crippen LogP contribution in [0.1, 0.15) is 6.42 Å². The van der Waals surface area contributed by atoms with Crippen LogP contribution in [-0.2, 0) is 10.3 Å². The van der Waals surface area contributed by atoms with Gasteiger partial charge in [0.2, 0.25) is 10.3 Å². The first-order chi connectivity index (χ1) is 5.11. The number of nitrogens with two attached hydrogens (primary N) is 1. The summed E-state index contributed by atoms with van der Waals surface area (Å²) in [6, 6.07) is 0. The molecule has 1 rings (SSSR count). The molecule has 0 fully saturated rings. The largest absolute Gasteiger partial charge is 0.399 e. The van der Waals surface area contributed by atoms with Gasteiger partial charge in [0.15, 0.2) is 0 Å². The van der Waals surface area contributed by atoms with Gasteiger partial charge in [-0.05, 0) is 22.0 Å². The van der Waals surface area contributed by atoms with Crippen LogP contribution in [0, 0.1) is 0 Å². The van der Waals surface area contributed by atoms with Crippen LogP contribution in [0.25, 0.3) is 0 Å². The van der Waals surface area contributed by atoms with E-state index in [2.05, 4.69) is 15.9 Å². The summed E-state index contributed by atoms with van der Waals surface area (Å²) >= 11 is 3.11. The summed E-state index contributed by atoms with van der Waals surface area (Å²) in [5, 5.41) is 0. The Labute approximate surface area is 74.2 Å². The van der Waals surface area contributed by atoms with Crippen LogP contribution >= 0.6 is 15.9 Å². The third kappa shape index (κ3) is 1.94. The zero-order valence-corrected chi connectivity index (χ0v) is 7.94. The standard InChI is InChI=1S/C6H6BrNO2S/c7-5-3-4(8)1-2-6(5)11(9)10/h1,3H,2,8H2. The topological polar surface area (TPSA) is 60.2 Å². The van der Waals surface area contributed by atoms with Crippen molar-refractivity contribution in [2.45, 2.75) is 6.42 Å². The lowest BCUT2D eigenvalue weighted by molar-refractivity contribution is 0.627. The summed E-state index contributed by atoms with van der Waals surface area (Å²) in [6.07, 6.45) is 3.61. The molecule has 0 unspecified atom stereocenters. The van der Waals surface area contributed by atoms with E-state index in [-0.39, 0.29) is 0 Å². The van der Waals surface area contributed by atoms with Gasteiger partial charge < -0.3 is 5.73 Å². The number of rotatable bonds is 0. The first kappa shape index (κ1) is 8.55. The van der Waals surface area contributed by atoms with E-state index in [1.165, 1.54) is 0 Å². The quantitative estimate of drug-likeness (QED) is 0.625. The molecule has 0 aromatic heterocycles. The molecule has 5 heteroatoms. The van der Waals surface area contributed by atoms with Gasteiger partial charge in [0.1, 0.15) is 0 Å². The van der Waals surface area contributed by atoms with Crippen molar-refractivity contribution >= 4 is 31.1 Å². The summed E-state index contributed by atoms with van der Waals surface area (Å²) in [5.74, 6) is 0. The average Bonchev–Trinajstić information content (AvgIpc) is 1.85. The second kappa shape index (κ2) is 3.23. The minimum absolute atomic E-state index is 0.346. The Bertz CT molecular complexity index is 356. The van der Waals surface area contributed by atoms with Crippen molar-refractivity contribution in [2.24, 2.45) is 5.73 Å². The number of allylic oxidation sites excluding steroid dienone is 3. The Morgan fingerprint density at radius 2 is 2.18 bits per heavy atom. The highest BCUT2D eigenvalue weighted by atomic mass is 79.9. The maximum Gasteiger partial charge on any atom is 0.218 e. The van der Waals surface area contributed by atoms with Gasteiger partial charge in [-0.2, -0.15) is 8.42 Å². The maximum absolute atomic E-state index is 10.5. The van der Waals surface area contributed by atoms with Gasteiger partial charge in [-0.15, -0.1) is 0 Å². The fourth-order valence-electron chi connectivity index (χ4n) is 0.741. The van der Waals surface area contributed by atoms with Crippen LogP contribution in [-0.4, -0.2) is 13.3 Å². The highest BCUT2D eigenvalue weighted by Gasteiger charge is 2.09. The van der Waals surface area contributed by atoms with Crippen molar-refractivity contribution in [2.75, 3.05) is 0 Å². The normalized spacial score (nSPS) is 17.4. The van der Waals surface area contributed by atoms with Crippen molar-refractivity contribution in [1.29, 1.82) is 0 Å². The van der Waals surface area contributed by atoms with E-state index in [0.29, 0.717) is 21.5 Å². The predicted molar refractivity (Wildman–Crippen MR) is 47.8 cm³/mol. The van der Waals surface area contributed by atoms with Crippen molar-refractivity contribution in [1.82, 2.24) is 0 Å². The van der Waals surface area contributed by atoms with E-state index in [9.17, 15) is 8.42 Å². The van der Waals surface area contributed by atoms with Gasteiger partial charge in [-0.3, -0.25) is 0 Å². The molecule has 1 aliphatic rings. The number of halogens is 1. The summed E-state index contributed by atoms with van der Waals surface area (Å²) in [6.45, 7) is 0. The van der Waals surface area contributed by atoms with E-state index in [1.807, 2.05) is 0 Å². The SMILES string of the molecule is NC1=CCC(=S(=O)=O)C(Br)=C1. The van der Waals surface area contributed by atoms with E-state index in [0.717, 1.165) is 0 Å². The van der Waals surface area contributed by atoms with E-state index in [1.54, 1.807) is 12.2 Å². The van der Waals surface area contributed by atoms with E-state index in [4.69, 9.17) is 5.73 Å². The van der Waals surface area contributed by atoms with Crippen LogP contribution < -0.4 is 5.73 Å². The molecular formula is C6H6BrNO2S. The van der Waals surface area contributed by atoms with Gasteiger partial charge in [0.25, 0.3) is 0 Å². The molecule has 0 saturated carbocycles. The Kier molecular flexibility index (Phi) is 2.51. The molecule has 0 bridgehead atoms. The van der Waals surface area contributed by atoms with E-state index >= 15 is 0 Å². The van der Waals surface area contributed by atoms with Crippen molar-refractivity contribution in [3.8, 4) is 0 Å². The Morgan fingerprint density at radius 3 is 2.64 bits per heavy atom. The third-order valence-electron chi connectivity index (χ3n) is 1.28. The molecule has 0 radical (unpaired) electrons. The van der Waals surface area contributed by atoms with Crippen LogP contribution in [0.5, 0.6) is 0 Å². The van der Waals surface area contributed by atoms with Crippen LogP contribution in [0.3, 0.4) is 0 Å². The molecule has 60 valence electrons. The highest BCUT2D eigenvalue weighted by molar-refractivity contribution is 9.12. The molecule has 0 spiro atoms. The molecule has 3 nitrogen and oxygen atoms in total. The molecule has 0 amide bonds. The van der Waals surface area contributed by atoms with Gasteiger partial charge in [-0.25, -0.2) is 0 Å². The molecule has 1 aliphatic carbocycles. The summed E-state index contributed by atoms with van der Waals surface area (Å²) < 4.78 is 21.5. The maximum atomic E-state index is 10.5. The van der Waals surface area contributed by atoms with Crippen LogP contribution in [0.4, 0.5) is 0 Å². The molecule has 0 saturated heterocycles. The minimum atomic E-state index is -2.15. The van der Waals surface area contributed by atoms with Gasteiger partial charge in [0, 0.05) is 16.6 Å². The van der Waals surface area contributed by atoms with Crippen LogP contribution in [0.2, 0.25) is 0 Å². The molecule has 0 aromatic carbocycles. The second-order valence-electron chi connectivity index (χ2n) is 2.06. The monoisotopic (exact) mass is 235 g/mol. The molecular weight excluding hydrogens is 230 g/mol. The zero-order chi connectivity index (χ0) is 8.43. The van der Waals surface area contributed by atoms with Gasteiger partial charge >= 0.3 is 0 Å². The van der Waals surface area contributed by atoms with Gasteiger partial charge in [0.05, 0.1) is 4.86 Å². The third-order valence-corrected chi connectivity index (χ3v) is 3.04. The summed E-state index contributed by atoms with van der Waals surface area (Å²) in [4.78, 5) is 0.346. The molecule has 0 aliphatic heterocycles. The van der Waals surface area contributed by atoms with Crippen molar-refractivity contribution in [3.05, 3.63) is 22.3 Å². The van der Waals surface area contributed by atoms with Crippen molar-refractivity contribution < 1.29 is 8.42 Å². The smallest absolute Gasteiger partial charge is 0.218 e. The lowest BCUT2D eigenvalue weighted by Gasteiger charge is -2.04. The lowest BCUT2D eigenvalue weighted by atomic mass is 10.1. The molecule has 2 N–H and O–H groups in total. The van der Waals surface area contributed by atoms with Gasteiger partial charge in [-0.1, -0.05) is 6.08 Å². The summed E-state index contributed by atoms with van der Waals surface area (Å²) in [5.41, 5.74) is 6.02. The highest BCUT2D eigenvalue weighted by Crippen LogP contribution is 2.16. The fraction of sp³-hybridized carbons (Fsp3) is 0.167. The molecule has 11 heavy (non-hydrogen) atoms. The second-order valence-corrected chi connectivity index (χ2v) is 3.87. The Balaban J connectivity index is 3.18. The molecule has 0 aromatic rings. The Hall–Kier alpha value is -0.550. The number of hydrogen-bond donors (Lipinski definition) is 1. The first-order valence-electron chi connectivity index (χ1n) is 2.89. The number of hydrogen-bond acceptors (Lipinski definition) is 3. The Morgan fingerprint density at radius 1 is 1.55 bits per heavy atom. The van der Waals surface area contributed by atoms with E-state index < -0.39 is 10.3 Å². The molecule has 0 heterocycles.